The maximum atomic E-state index is 5.25. The van der Waals surface area contributed by atoms with Gasteiger partial charge < -0.3 is 14.5 Å². The number of ether oxygens (including phenoxy) is 1. The zero-order chi connectivity index (χ0) is 9.52. The molecule has 0 aliphatic heterocycles. The molecule has 0 amide bonds. The molecule has 0 spiro atoms. The van der Waals surface area contributed by atoms with Crippen molar-refractivity contribution in [2.75, 3.05) is 19.8 Å². The molecule has 0 saturated carbocycles. The zero-order valence-electron chi connectivity index (χ0n) is 8.25. The molecule has 1 rings (SSSR count). The fourth-order valence-electron chi connectivity index (χ4n) is 1.13. The van der Waals surface area contributed by atoms with E-state index in [4.69, 9.17) is 9.15 Å². The van der Waals surface area contributed by atoms with Gasteiger partial charge in [-0.15, -0.1) is 0 Å². The van der Waals surface area contributed by atoms with Gasteiger partial charge in [-0.25, -0.2) is 0 Å². The number of furan rings is 1. The molecule has 0 bridgehead atoms. The van der Waals surface area contributed by atoms with Gasteiger partial charge in [0.25, 0.3) is 0 Å². The molecule has 74 valence electrons. The van der Waals surface area contributed by atoms with E-state index in [0.717, 1.165) is 25.5 Å². The quantitative estimate of drug-likeness (QED) is 0.685. The molecule has 0 saturated heterocycles. The molecule has 0 aliphatic rings. The van der Waals surface area contributed by atoms with E-state index in [1.54, 1.807) is 6.26 Å². The fraction of sp³-hybridized carbons (Fsp3) is 0.600. The highest BCUT2D eigenvalue weighted by atomic mass is 16.5. The van der Waals surface area contributed by atoms with Gasteiger partial charge in [0, 0.05) is 13.2 Å². The summed E-state index contributed by atoms with van der Waals surface area (Å²) in [4.78, 5) is 0. The first-order valence-corrected chi connectivity index (χ1v) is 4.69. The van der Waals surface area contributed by atoms with Crippen molar-refractivity contribution in [1.29, 1.82) is 0 Å². The van der Waals surface area contributed by atoms with Gasteiger partial charge in [0.1, 0.15) is 5.76 Å². The molecule has 13 heavy (non-hydrogen) atoms. The lowest BCUT2D eigenvalue weighted by Gasteiger charge is -2.10. The summed E-state index contributed by atoms with van der Waals surface area (Å²) in [6.45, 7) is 6.45. The average Bonchev–Trinajstić information content (AvgIpc) is 2.65. The normalized spacial score (nSPS) is 13.1. The fourth-order valence-corrected chi connectivity index (χ4v) is 1.13. The summed E-state index contributed by atoms with van der Waals surface area (Å²) < 4.78 is 10.5. The Labute approximate surface area is 79.1 Å². The first-order chi connectivity index (χ1) is 6.34. The van der Waals surface area contributed by atoms with Crippen molar-refractivity contribution in [3.05, 3.63) is 24.2 Å². The second-order valence-electron chi connectivity index (χ2n) is 2.89. The number of hydrogen-bond acceptors (Lipinski definition) is 3. The molecular formula is C10H17NO2. The highest BCUT2D eigenvalue weighted by molar-refractivity contribution is 5.02. The third-order valence-corrected chi connectivity index (χ3v) is 1.87. The molecule has 1 atom stereocenters. The van der Waals surface area contributed by atoms with E-state index in [0.29, 0.717) is 0 Å². The van der Waals surface area contributed by atoms with E-state index in [1.807, 2.05) is 19.1 Å². The molecule has 0 aliphatic carbocycles. The summed E-state index contributed by atoms with van der Waals surface area (Å²) in [5, 5.41) is 3.30. The SMILES string of the molecule is CCOCCN[C@H](C)c1ccco1. The molecule has 1 N–H and O–H groups in total. The van der Waals surface area contributed by atoms with E-state index in [-0.39, 0.29) is 6.04 Å². The number of nitrogens with one attached hydrogen (secondary N) is 1. The maximum Gasteiger partial charge on any atom is 0.120 e. The first-order valence-electron chi connectivity index (χ1n) is 4.69. The van der Waals surface area contributed by atoms with Crippen molar-refractivity contribution in [3.8, 4) is 0 Å². The van der Waals surface area contributed by atoms with Gasteiger partial charge in [0.05, 0.1) is 18.9 Å². The van der Waals surface area contributed by atoms with Crippen LogP contribution in [0.2, 0.25) is 0 Å². The predicted octanol–water partition coefficient (Wildman–Crippen LogP) is 1.97. The Hall–Kier alpha value is -0.800. The average molecular weight is 183 g/mol. The summed E-state index contributed by atoms with van der Waals surface area (Å²) in [5.74, 6) is 0.969. The zero-order valence-corrected chi connectivity index (χ0v) is 8.25. The Bertz CT molecular complexity index is 209. The van der Waals surface area contributed by atoms with Crippen LogP contribution in [0.4, 0.5) is 0 Å². The largest absolute Gasteiger partial charge is 0.468 e. The Morgan fingerprint density at radius 2 is 2.46 bits per heavy atom. The van der Waals surface area contributed by atoms with E-state index in [2.05, 4.69) is 12.2 Å². The van der Waals surface area contributed by atoms with Gasteiger partial charge in [-0.1, -0.05) is 0 Å². The smallest absolute Gasteiger partial charge is 0.120 e. The topological polar surface area (TPSA) is 34.4 Å². The second kappa shape index (κ2) is 5.78. The molecule has 1 heterocycles. The van der Waals surface area contributed by atoms with Crippen LogP contribution in [0.15, 0.2) is 22.8 Å². The van der Waals surface area contributed by atoms with Crippen LogP contribution in [0, 0.1) is 0 Å². The summed E-state index contributed by atoms with van der Waals surface area (Å²) >= 11 is 0. The summed E-state index contributed by atoms with van der Waals surface area (Å²) in [5.41, 5.74) is 0. The Morgan fingerprint density at radius 1 is 1.62 bits per heavy atom. The molecule has 1 aromatic rings. The van der Waals surface area contributed by atoms with Gasteiger partial charge in [-0.3, -0.25) is 0 Å². The molecular weight excluding hydrogens is 166 g/mol. The van der Waals surface area contributed by atoms with Crippen LogP contribution < -0.4 is 5.32 Å². The second-order valence-corrected chi connectivity index (χ2v) is 2.89. The van der Waals surface area contributed by atoms with E-state index in [9.17, 15) is 0 Å². The van der Waals surface area contributed by atoms with Crippen LogP contribution in [-0.2, 0) is 4.74 Å². The predicted molar refractivity (Wildman–Crippen MR) is 51.6 cm³/mol. The standard InChI is InChI=1S/C10H17NO2/c1-3-12-8-6-11-9(2)10-5-4-7-13-10/h4-5,7,9,11H,3,6,8H2,1-2H3/t9-/m1/s1. The van der Waals surface area contributed by atoms with E-state index in [1.165, 1.54) is 0 Å². The number of hydrogen-bond donors (Lipinski definition) is 1. The van der Waals surface area contributed by atoms with Crippen molar-refractivity contribution in [2.24, 2.45) is 0 Å². The Balaban J connectivity index is 2.15. The van der Waals surface area contributed by atoms with Crippen LogP contribution in [0.1, 0.15) is 25.6 Å². The van der Waals surface area contributed by atoms with Gasteiger partial charge in [-0.2, -0.15) is 0 Å². The molecule has 0 unspecified atom stereocenters. The van der Waals surface area contributed by atoms with Crippen LogP contribution in [-0.4, -0.2) is 19.8 Å². The minimum atomic E-state index is 0.260. The van der Waals surface area contributed by atoms with Gasteiger partial charge >= 0.3 is 0 Å². The van der Waals surface area contributed by atoms with Crippen molar-refractivity contribution in [2.45, 2.75) is 19.9 Å². The Morgan fingerprint density at radius 3 is 3.08 bits per heavy atom. The molecule has 3 nitrogen and oxygen atoms in total. The summed E-state index contributed by atoms with van der Waals surface area (Å²) in [6.07, 6.45) is 1.69. The molecule has 0 aromatic carbocycles. The van der Waals surface area contributed by atoms with Crippen LogP contribution in [0.3, 0.4) is 0 Å². The monoisotopic (exact) mass is 183 g/mol. The highest BCUT2D eigenvalue weighted by Crippen LogP contribution is 2.11. The van der Waals surface area contributed by atoms with Gasteiger partial charge in [0.2, 0.25) is 0 Å². The van der Waals surface area contributed by atoms with Crippen molar-refractivity contribution in [1.82, 2.24) is 5.32 Å². The van der Waals surface area contributed by atoms with Gasteiger partial charge in [-0.05, 0) is 26.0 Å². The molecule has 0 radical (unpaired) electrons. The Kier molecular flexibility index (Phi) is 4.57. The lowest BCUT2D eigenvalue weighted by molar-refractivity contribution is 0.146. The van der Waals surface area contributed by atoms with Crippen LogP contribution >= 0.6 is 0 Å². The highest BCUT2D eigenvalue weighted by Gasteiger charge is 2.05. The molecule has 1 aromatic heterocycles. The minimum Gasteiger partial charge on any atom is -0.468 e. The number of rotatable bonds is 6. The van der Waals surface area contributed by atoms with Crippen molar-refractivity contribution >= 4 is 0 Å². The summed E-state index contributed by atoms with van der Waals surface area (Å²) in [6, 6.07) is 4.13. The van der Waals surface area contributed by atoms with E-state index >= 15 is 0 Å². The molecule has 0 fully saturated rings. The first kappa shape index (κ1) is 10.3. The lowest BCUT2D eigenvalue weighted by Crippen LogP contribution is -2.22. The van der Waals surface area contributed by atoms with E-state index < -0.39 is 0 Å². The minimum absolute atomic E-state index is 0.260. The van der Waals surface area contributed by atoms with Crippen LogP contribution in [0.5, 0.6) is 0 Å². The van der Waals surface area contributed by atoms with Crippen molar-refractivity contribution in [3.63, 3.8) is 0 Å². The summed E-state index contributed by atoms with van der Waals surface area (Å²) in [7, 11) is 0. The maximum absolute atomic E-state index is 5.25. The van der Waals surface area contributed by atoms with Crippen molar-refractivity contribution < 1.29 is 9.15 Å². The molecule has 3 heteroatoms. The van der Waals surface area contributed by atoms with Gasteiger partial charge in [0.15, 0.2) is 0 Å². The van der Waals surface area contributed by atoms with Crippen LogP contribution in [0.25, 0.3) is 0 Å². The lowest BCUT2D eigenvalue weighted by atomic mass is 10.2. The third-order valence-electron chi connectivity index (χ3n) is 1.87. The third kappa shape index (κ3) is 3.61.